The van der Waals surface area contributed by atoms with Crippen LogP contribution in [-0.2, 0) is 9.84 Å². The van der Waals surface area contributed by atoms with E-state index in [2.05, 4.69) is 12.2 Å². The molecule has 2 N–H and O–H groups in total. The monoisotopic (exact) mass is 296 g/mol. The maximum Gasteiger partial charge on any atom is 0.164 e. The molecule has 0 amide bonds. The van der Waals surface area contributed by atoms with Crippen molar-refractivity contribution in [1.29, 1.82) is 0 Å². The Morgan fingerprint density at radius 1 is 1.56 bits per heavy atom. The molecule has 1 aliphatic rings. The van der Waals surface area contributed by atoms with E-state index in [0.29, 0.717) is 18.8 Å². The van der Waals surface area contributed by atoms with Gasteiger partial charge in [-0.15, -0.1) is 0 Å². The van der Waals surface area contributed by atoms with Crippen molar-refractivity contribution in [1.82, 2.24) is 10.2 Å². The quantitative estimate of drug-likeness (QED) is 0.632. The first-order valence-corrected chi connectivity index (χ1v) is 9.45. The molecule has 1 heterocycles. The van der Waals surface area contributed by atoms with Crippen molar-refractivity contribution in [2.75, 3.05) is 43.9 Å². The lowest BCUT2D eigenvalue weighted by atomic mass is 10.3. The van der Waals surface area contributed by atoms with Crippen LogP contribution in [0, 0.1) is 0 Å². The third-order valence-corrected chi connectivity index (χ3v) is 5.62. The van der Waals surface area contributed by atoms with Crippen molar-refractivity contribution in [3.8, 4) is 0 Å². The number of nitrogens with one attached hydrogen (secondary N) is 1. The Bertz CT molecular complexity index is 335. The molecule has 0 bridgehead atoms. The van der Waals surface area contributed by atoms with Crippen molar-refractivity contribution in [3.05, 3.63) is 0 Å². The maximum atomic E-state index is 11.7. The smallest absolute Gasteiger partial charge is 0.164 e. The number of sulfone groups is 1. The Labute approximate surface area is 114 Å². The van der Waals surface area contributed by atoms with Crippen LogP contribution in [0.2, 0.25) is 0 Å². The molecule has 18 heavy (non-hydrogen) atoms. The number of hydrogen-bond acceptors (Lipinski definition) is 6. The summed E-state index contributed by atoms with van der Waals surface area (Å²) in [5, 5.41) is 12.6. The van der Waals surface area contributed by atoms with Crippen LogP contribution in [0.1, 0.15) is 13.3 Å². The van der Waals surface area contributed by atoms with Crippen LogP contribution in [0.4, 0.5) is 0 Å². The van der Waals surface area contributed by atoms with Crippen molar-refractivity contribution in [3.63, 3.8) is 0 Å². The Morgan fingerprint density at radius 2 is 2.28 bits per heavy atom. The molecule has 0 aliphatic carbocycles. The van der Waals surface area contributed by atoms with Gasteiger partial charge in [-0.25, -0.2) is 8.42 Å². The second-order valence-electron chi connectivity index (χ2n) is 4.71. The fraction of sp³-hybridized carbons (Fsp3) is 1.00. The summed E-state index contributed by atoms with van der Waals surface area (Å²) in [5.41, 5.74) is 0. The SMILES string of the molecule is CCCNCC(O)CN1CCSCC1S(C)(=O)=O. The molecule has 2 atom stereocenters. The molecule has 1 saturated heterocycles. The summed E-state index contributed by atoms with van der Waals surface area (Å²) in [6.07, 6.45) is 1.79. The van der Waals surface area contributed by atoms with Crippen molar-refractivity contribution in [2.45, 2.75) is 24.8 Å². The lowest BCUT2D eigenvalue weighted by Crippen LogP contribution is -2.51. The number of β-amino-alcohol motifs (C(OH)–C–C–N with tert-alkyl or cyclic N) is 1. The number of aliphatic hydroxyl groups is 1. The molecule has 7 heteroatoms. The number of nitrogens with zero attached hydrogens (tertiary/aromatic N) is 1. The van der Waals surface area contributed by atoms with Crippen LogP contribution in [-0.4, -0.2) is 73.8 Å². The van der Waals surface area contributed by atoms with Gasteiger partial charge in [-0.3, -0.25) is 4.90 Å². The van der Waals surface area contributed by atoms with Crippen LogP contribution in [0.15, 0.2) is 0 Å². The number of rotatable bonds is 7. The molecule has 0 aromatic rings. The van der Waals surface area contributed by atoms with Crippen molar-refractivity contribution < 1.29 is 13.5 Å². The summed E-state index contributed by atoms with van der Waals surface area (Å²) in [4.78, 5) is 1.89. The van der Waals surface area contributed by atoms with Gasteiger partial charge >= 0.3 is 0 Å². The molecule has 0 aromatic carbocycles. The van der Waals surface area contributed by atoms with Crippen LogP contribution in [0.25, 0.3) is 0 Å². The number of thioether (sulfide) groups is 1. The normalized spacial score (nSPS) is 24.1. The molecule has 108 valence electrons. The fourth-order valence-corrected chi connectivity index (χ4v) is 4.95. The molecule has 5 nitrogen and oxygen atoms in total. The zero-order chi connectivity index (χ0) is 13.6. The van der Waals surface area contributed by atoms with E-state index in [9.17, 15) is 13.5 Å². The van der Waals surface area contributed by atoms with Crippen molar-refractivity contribution >= 4 is 21.6 Å². The van der Waals surface area contributed by atoms with Gasteiger partial charge in [0, 0.05) is 37.4 Å². The zero-order valence-electron chi connectivity index (χ0n) is 11.1. The first kappa shape index (κ1) is 16.2. The Balaban J connectivity index is 2.47. The van der Waals surface area contributed by atoms with Gasteiger partial charge < -0.3 is 10.4 Å². The summed E-state index contributed by atoms with van der Waals surface area (Å²) < 4.78 is 23.4. The van der Waals surface area contributed by atoms with E-state index in [1.54, 1.807) is 11.8 Å². The maximum absolute atomic E-state index is 11.7. The standard InChI is InChI=1S/C11H24N2O3S2/c1-3-4-12-7-10(14)8-13-5-6-17-9-11(13)18(2,15)16/h10-12,14H,3-9H2,1-2H3. The molecule has 0 spiro atoms. The van der Waals surface area contributed by atoms with Gasteiger partial charge in [-0.1, -0.05) is 6.92 Å². The van der Waals surface area contributed by atoms with E-state index in [-0.39, 0.29) is 0 Å². The lowest BCUT2D eigenvalue weighted by molar-refractivity contribution is 0.109. The summed E-state index contributed by atoms with van der Waals surface area (Å²) in [7, 11) is -3.07. The molecule has 1 rings (SSSR count). The average Bonchev–Trinajstić information content (AvgIpc) is 2.28. The third-order valence-electron chi connectivity index (χ3n) is 2.94. The Kier molecular flexibility index (Phi) is 6.94. The minimum Gasteiger partial charge on any atom is -0.390 e. The zero-order valence-corrected chi connectivity index (χ0v) is 12.8. The molecule has 0 saturated carbocycles. The van der Waals surface area contributed by atoms with Crippen LogP contribution in [0.5, 0.6) is 0 Å². The van der Waals surface area contributed by atoms with E-state index in [1.165, 1.54) is 6.26 Å². The molecule has 2 unspecified atom stereocenters. The Morgan fingerprint density at radius 3 is 2.89 bits per heavy atom. The highest BCUT2D eigenvalue weighted by Gasteiger charge is 2.31. The summed E-state index contributed by atoms with van der Waals surface area (Å²) in [6, 6.07) is 0. The highest BCUT2D eigenvalue weighted by Crippen LogP contribution is 2.20. The predicted octanol–water partition coefficient (Wildman–Crippen LogP) is -0.234. The molecule has 0 radical (unpaired) electrons. The fourth-order valence-electron chi connectivity index (χ4n) is 2.00. The van der Waals surface area contributed by atoms with E-state index >= 15 is 0 Å². The largest absolute Gasteiger partial charge is 0.390 e. The molecule has 0 aromatic heterocycles. The van der Waals surface area contributed by atoms with E-state index < -0.39 is 21.3 Å². The average molecular weight is 296 g/mol. The van der Waals surface area contributed by atoms with E-state index in [4.69, 9.17) is 0 Å². The first-order chi connectivity index (χ1) is 8.45. The van der Waals surface area contributed by atoms with Gasteiger partial charge in [0.15, 0.2) is 9.84 Å². The minimum absolute atomic E-state index is 0.426. The van der Waals surface area contributed by atoms with Crippen LogP contribution in [0.3, 0.4) is 0 Å². The number of hydrogen-bond donors (Lipinski definition) is 2. The topological polar surface area (TPSA) is 69.6 Å². The Hall–Kier alpha value is 0.180. The summed E-state index contributed by atoms with van der Waals surface area (Å²) >= 11 is 1.66. The summed E-state index contributed by atoms with van der Waals surface area (Å²) in [6.45, 7) is 4.62. The van der Waals surface area contributed by atoms with Crippen LogP contribution < -0.4 is 5.32 Å². The van der Waals surface area contributed by atoms with E-state index in [1.807, 2.05) is 4.90 Å². The molecular formula is C11H24N2O3S2. The third kappa shape index (κ3) is 5.44. The van der Waals surface area contributed by atoms with Crippen LogP contribution >= 0.6 is 11.8 Å². The molecule has 1 aliphatic heterocycles. The second-order valence-corrected chi connectivity index (χ2v) is 8.07. The van der Waals surface area contributed by atoms with Crippen molar-refractivity contribution in [2.24, 2.45) is 0 Å². The van der Waals surface area contributed by atoms with Gasteiger partial charge in [0.05, 0.1) is 6.10 Å². The van der Waals surface area contributed by atoms with Gasteiger partial charge in [0.25, 0.3) is 0 Å². The van der Waals surface area contributed by atoms with Gasteiger partial charge in [-0.05, 0) is 13.0 Å². The number of aliphatic hydroxyl groups excluding tert-OH is 1. The highest BCUT2D eigenvalue weighted by molar-refractivity contribution is 8.00. The van der Waals surface area contributed by atoms with Gasteiger partial charge in [-0.2, -0.15) is 11.8 Å². The lowest BCUT2D eigenvalue weighted by Gasteiger charge is -2.35. The minimum atomic E-state index is -3.07. The second kappa shape index (κ2) is 7.69. The first-order valence-electron chi connectivity index (χ1n) is 6.34. The van der Waals surface area contributed by atoms with E-state index in [0.717, 1.165) is 25.3 Å². The van der Waals surface area contributed by atoms with Gasteiger partial charge in [0.1, 0.15) is 5.37 Å². The van der Waals surface area contributed by atoms with Gasteiger partial charge in [0.2, 0.25) is 0 Å². The highest BCUT2D eigenvalue weighted by atomic mass is 32.2. The predicted molar refractivity (Wildman–Crippen MR) is 76.7 cm³/mol. The molecule has 1 fully saturated rings. The molecular weight excluding hydrogens is 272 g/mol. The summed E-state index contributed by atoms with van der Waals surface area (Å²) in [5.74, 6) is 1.54.